The highest BCUT2D eigenvalue weighted by Crippen LogP contribution is 2.19. The van der Waals surface area contributed by atoms with Crippen LogP contribution in [0.3, 0.4) is 0 Å². The van der Waals surface area contributed by atoms with Gasteiger partial charge in [0.2, 0.25) is 0 Å². The van der Waals surface area contributed by atoms with Crippen molar-refractivity contribution in [2.24, 2.45) is 0 Å². The molecule has 1 amide bonds. The number of benzene rings is 2. The van der Waals surface area contributed by atoms with Crippen LogP contribution < -0.4 is 11.1 Å². The van der Waals surface area contributed by atoms with Gasteiger partial charge >= 0.3 is 0 Å². The van der Waals surface area contributed by atoms with Crippen LogP contribution >= 0.6 is 0 Å². The molecule has 138 valence electrons. The third kappa shape index (κ3) is 4.64. The molecule has 4 heteroatoms. The molecule has 0 saturated carbocycles. The van der Waals surface area contributed by atoms with E-state index in [1.165, 1.54) is 31.4 Å². The molecule has 2 aromatic carbocycles. The Morgan fingerprint density at radius 2 is 1.88 bits per heavy atom. The molecule has 4 nitrogen and oxygen atoms in total. The summed E-state index contributed by atoms with van der Waals surface area (Å²) < 4.78 is 0. The first-order valence-electron chi connectivity index (χ1n) is 9.49. The van der Waals surface area contributed by atoms with Crippen LogP contribution in [0.15, 0.2) is 42.5 Å². The normalized spacial score (nSPS) is 17.8. The standard InChI is InChI=1S/C22H29N3O/c1-16-6-11-20(23)13-21(16)22(26)24-14-18-7-9-19(10-8-18)15-25-12-4-3-5-17(25)2/h6-11,13,17H,3-5,12,14-15,23H2,1-2H3,(H,24,26). The number of piperidine rings is 1. The van der Waals surface area contributed by atoms with E-state index in [2.05, 4.69) is 41.4 Å². The largest absolute Gasteiger partial charge is 0.399 e. The molecule has 1 aliphatic rings. The molecule has 0 aromatic heterocycles. The molecule has 1 saturated heterocycles. The fraction of sp³-hybridized carbons (Fsp3) is 0.409. The Kier molecular flexibility index (Phi) is 5.94. The van der Waals surface area contributed by atoms with E-state index in [0.29, 0.717) is 23.8 Å². The second-order valence-corrected chi connectivity index (χ2v) is 7.39. The third-order valence-electron chi connectivity index (χ3n) is 5.31. The van der Waals surface area contributed by atoms with Gasteiger partial charge in [0, 0.05) is 30.4 Å². The van der Waals surface area contributed by atoms with Gasteiger partial charge in [0.25, 0.3) is 5.91 Å². The molecule has 3 rings (SSSR count). The van der Waals surface area contributed by atoms with E-state index >= 15 is 0 Å². The Balaban J connectivity index is 1.55. The summed E-state index contributed by atoms with van der Waals surface area (Å²) in [7, 11) is 0. The molecule has 1 heterocycles. The first-order chi connectivity index (χ1) is 12.5. The Morgan fingerprint density at radius 3 is 2.62 bits per heavy atom. The molecule has 1 atom stereocenters. The predicted molar refractivity (Wildman–Crippen MR) is 107 cm³/mol. The van der Waals surface area contributed by atoms with Crippen LogP contribution in [-0.2, 0) is 13.1 Å². The van der Waals surface area contributed by atoms with Gasteiger partial charge in [0.15, 0.2) is 0 Å². The minimum absolute atomic E-state index is 0.0824. The van der Waals surface area contributed by atoms with E-state index in [1.54, 1.807) is 6.07 Å². The van der Waals surface area contributed by atoms with Crippen LogP contribution in [0.25, 0.3) is 0 Å². The summed E-state index contributed by atoms with van der Waals surface area (Å²) in [6.07, 6.45) is 3.95. The summed E-state index contributed by atoms with van der Waals surface area (Å²) in [5, 5.41) is 2.99. The molecule has 0 radical (unpaired) electrons. The minimum atomic E-state index is -0.0824. The number of hydrogen-bond donors (Lipinski definition) is 2. The van der Waals surface area contributed by atoms with Crippen molar-refractivity contribution in [2.75, 3.05) is 12.3 Å². The SMILES string of the molecule is Cc1ccc(N)cc1C(=O)NCc1ccc(CN2CCCCC2C)cc1. The molecule has 0 spiro atoms. The van der Waals surface area contributed by atoms with Crippen molar-refractivity contribution in [3.63, 3.8) is 0 Å². The molecule has 0 aliphatic carbocycles. The molecule has 1 unspecified atom stereocenters. The Labute approximate surface area is 156 Å². The van der Waals surface area contributed by atoms with Crippen molar-refractivity contribution in [3.05, 3.63) is 64.7 Å². The first kappa shape index (κ1) is 18.5. The number of nitrogens with two attached hydrogens (primary N) is 1. The quantitative estimate of drug-likeness (QED) is 0.804. The smallest absolute Gasteiger partial charge is 0.251 e. The van der Waals surface area contributed by atoms with Crippen molar-refractivity contribution in [2.45, 2.75) is 52.2 Å². The van der Waals surface area contributed by atoms with Crippen molar-refractivity contribution in [1.29, 1.82) is 0 Å². The zero-order valence-electron chi connectivity index (χ0n) is 15.8. The average molecular weight is 351 g/mol. The summed E-state index contributed by atoms with van der Waals surface area (Å²) in [5.74, 6) is -0.0824. The maximum absolute atomic E-state index is 12.4. The summed E-state index contributed by atoms with van der Waals surface area (Å²) in [5.41, 5.74) is 10.4. The molecule has 2 aromatic rings. The van der Waals surface area contributed by atoms with Gasteiger partial charge < -0.3 is 11.1 Å². The second-order valence-electron chi connectivity index (χ2n) is 7.39. The third-order valence-corrected chi connectivity index (χ3v) is 5.31. The molecular weight excluding hydrogens is 322 g/mol. The maximum Gasteiger partial charge on any atom is 0.251 e. The van der Waals surface area contributed by atoms with Crippen LogP contribution in [-0.4, -0.2) is 23.4 Å². The molecular formula is C22H29N3O. The number of anilines is 1. The van der Waals surface area contributed by atoms with Crippen LogP contribution in [0.5, 0.6) is 0 Å². The van der Waals surface area contributed by atoms with Crippen LogP contribution in [0.4, 0.5) is 5.69 Å². The Bertz CT molecular complexity index is 754. The molecule has 26 heavy (non-hydrogen) atoms. The number of nitrogen functional groups attached to an aromatic ring is 1. The highest BCUT2D eigenvalue weighted by molar-refractivity contribution is 5.96. The van der Waals surface area contributed by atoms with Crippen molar-refractivity contribution in [1.82, 2.24) is 10.2 Å². The topological polar surface area (TPSA) is 58.4 Å². The van der Waals surface area contributed by atoms with Crippen LogP contribution in [0, 0.1) is 6.92 Å². The van der Waals surface area contributed by atoms with E-state index in [0.717, 1.165) is 17.7 Å². The van der Waals surface area contributed by atoms with Crippen LogP contribution in [0.1, 0.15) is 53.2 Å². The van der Waals surface area contributed by atoms with Gasteiger partial charge in [-0.25, -0.2) is 0 Å². The first-order valence-corrected chi connectivity index (χ1v) is 9.49. The van der Waals surface area contributed by atoms with Crippen LogP contribution in [0.2, 0.25) is 0 Å². The van der Waals surface area contributed by atoms with E-state index in [9.17, 15) is 4.79 Å². The van der Waals surface area contributed by atoms with Crippen molar-refractivity contribution >= 4 is 11.6 Å². The van der Waals surface area contributed by atoms with Gasteiger partial charge in [0.05, 0.1) is 0 Å². The number of likely N-dealkylation sites (tertiary alicyclic amines) is 1. The summed E-state index contributed by atoms with van der Waals surface area (Å²) in [4.78, 5) is 14.9. The molecule has 3 N–H and O–H groups in total. The fourth-order valence-electron chi connectivity index (χ4n) is 3.55. The van der Waals surface area contributed by atoms with E-state index < -0.39 is 0 Å². The zero-order chi connectivity index (χ0) is 18.5. The van der Waals surface area contributed by atoms with Crippen molar-refractivity contribution < 1.29 is 4.79 Å². The lowest BCUT2D eigenvalue weighted by Crippen LogP contribution is -2.36. The van der Waals surface area contributed by atoms with Gasteiger partial charge in [-0.3, -0.25) is 9.69 Å². The predicted octanol–water partition coefficient (Wildman–Crippen LogP) is 3.88. The number of amides is 1. The minimum Gasteiger partial charge on any atom is -0.399 e. The second kappa shape index (κ2) is 8.37. The zero-order valence-corrected chi connectivity index (χ0v) is 15.8. The number of nitrogens with one attached hydrogen (secondary N) is 1. The molecule has 1 aliphatic heterocycles. The van der Waals surface area contributed by atoms with Gasteiger partial charge in [0.1, 0.15) is 0 Å². The molecule has 0 bridgehead atoms. The number of rotatable bonds is 5. The van der Waals surface area contributed by atoms with Gasteiger partial charge in [-0.05, 0) is 62.1 Å². The monoisotopic (exact) mass is 351 g/mol. The van der Waals surface area contributed by atoms with Crippen molar-refractivity contribution in [3.8, 4) is 0 Å². The number of nitrogens with zero attached hydrogens (tertiary/aromatic N) is 1. The summed E-state index contributed by atoms with van der Waals surface area (Å²) in [6, 6.07) is 14.7. The lowest BCUT2D eigenvalue weighted by atomic mass is 10.0. The Morgan fingerprint density at radius 1 is 1.15 bits per heavy atom. The summed E-state index contributed by atoms with van der Waals surface area (Å²) in [6.45, 7) is 6.97. The highest BCUT2D eigenvalue weighted by Gasteiger charge is 2.18. The number of aryl methyl sites for hydroxylation is 1. The average Bonchev–Trinajstić information content (AvgIpc) is 2.65. The number of hydrogen-bond acceptors (Lipinski definition) is 3. The lowest BCUT2D eigenvalue weighted by molar-refractivity contribution is 0.0950. The fourth-order valence-corrected chi connectivity index (χ4v) is 3.55. The maximum atomic E-state index is 12.4. The number of carbonyl (C=O) groups is 1. The lowest BCUT2D eigenvalue weighted by Gasteiger charge is -2.33. The van der Waals surface area contributed by atoms with E-state index in [-0.39, 0.29) is 5.91 Å². The van der Waals surface area contributed by atoms with E-state index in [4.69, 9.17) is 5.73 Å². The number of carbonyl (C=O) groups excluding carboxylic acids is 1. The molecule has 1 fully saturated rings. The summed E-state index contributed by atoms with van der Waals surface area (Å²) >= 11 is 0. The van der Waals surface area contributed by atoms with Gasteiger partial charge in [-0.1, -0.05) is 36.8 Å². The van der Waals surface area contributed by atoms with E-state index in [1.807, 2.05) is 19.1 Å². The van der Waals surface area contributed by atoms with Gasteiger partial charge in [-0.15, -0.1) is 0 Å². The van der Waals surface area contributed by atoms with Gasteiger partial charge in [-0.2, -0.15) is 0 Å². The Hall–Kier alpha value is -2.33. The highest BCUT2D eigenvalue weighted by atomic mass is 16.1.